The molecule has 0 saturated heterocycles. The number of hydrogen-bond donors (Lipinski definition) is 0. The van der Waals surface area contributed by atoms with E-state index in [1.165, 1.54) is 0 Å². The first-order chi connectivity index (χ1) is 11.5. The van der Waals surface area contributed by atoms with Crippen LogP contribution in [0.15, 0.2) is 52.9 Å². The molecule has 1 unspecified atom stereocenters. The molecule has 3 rings (SSSR count). The summed E-state index contributed by atoms with van der Waals surface area (Å²) in [4.78, 5) is 19.3. The molecule has 0 fully saturated rings. The van der Waals surface area contributed by atoms with Gasteiger partial charge in [-0.05, 0) is 52.8 Å². The van der Waals surface area contributed by atoms with Gasteiger partial charge in [0.1, 0.15) is 11.6 Å². The lowest BCUT2D eigenvalue weighted by atomic mass is 10.0. The van der Waals surface area contributed by atoms with Crippen LogP contribution in [0.1, 0.15) is 36.1 Å². The highest BCUT2D eigenvalue weighted by Crippen LogP contribution is 2.31. The highest BCUT2D eigenvalue weighted by atomic mass is 127. The zero-order chi connectivity index (χ0) is 17.3. The molecule has 24 heavy (non-hydrogen) atoms. The van der Waals surface area contributed by atoms with Gasteiger partial charge in [0.15, 0.2) is 5.58 Å². The molecule has 1 aromatic heterocycles. The SMILES string of the molecule is CC(C)C(c1nc2ccccc2o1)N(C)C(=O)c1ccccc1I. The number of amides is 1. The maximum Gasteiger partial charge on any atom is 0.255 e. The maximum absolute atomic E-state index is 13.0. The first-order valence-corrected chi connectivity index (χ1v) is 8.94. The van der Waals surface area contributed by atoms with E-state index in [1.807, 2.05) is 55.6 Å². The second kappa shape index (κ2) is 6.93. The molecule has 4 nitrogen and oxygen atoms in total. The number of hydrogen-bond acceptors (Lipinski definition) is 3. The molecule has 2 aromatic carbocycles. The van der Waals surface area contributed by atoms with E-state index < -0.39 is 0 Å². The number of rotatable bonds is 4. The Morgan fingerprint density at radius 2 is 1.79 bits per heavy atom. The van der Waals surface area contributed by atoms with E-state index in [4.69, 9.17) is 4.42 Å². The highest BCUT2D eigenvalue weighted by molar-refractivity contribution is 14.1. The minimum atomic E-state index is -0.221. The van der Waals surface area contributed by atoms with Gasteiger partial charge in [-0.15, -0.1) is 0 Å². The third-order valence-corrected chi connectivity index (χ3v) is 4.98. The molecule has 1 heterocycles. The molecule has 0 aliphatic heterocycles. The largest absolute Gasteiger partial charge is 0.438 e. The molecular formula is C19H19IN2O2. The second-order valence-electron chi connectivity index (χ2n) is 6.10. The van der Waals surface area contributed by atoms with Crippen LogP contribution in [0.4, 0.5) is 0 Å². The number of oxazole rings is 1. The van der Waals surface area contributed by atoms with E-state index >= 15 is 0 Å². The van der Waals surface area contributed by atoms with Gasteiger partial charge in [0.25, 0.3) is 5.91 Å². The van der Waals surface area contributed by atoms with Crippen LogP contribution < -0.4 is 0 Å². The number of halogens is 1. The van der Waals surface area contributed by atoms with Crippen molar-refractivity contribution >= 4 is 39.6 Å². The number of nitrogens with zero attached hydrogens (tertiary/aromatic N) is 2. The summed E-state index contributed by atoms with van der Waals surface area (Å²) in [5.74, 6) is 0.724. The van der Waals surface area contributed by atoms with Crippen molar-refractivity contribution in [2.24, 2.45) is 5.92 Å². The standard InChI is InChI=1S/C19H19IN2O2/c1-12(2)17(18-21-15-10-6-7-11-16(15)24-18)22(3)19(23)13-8-4-5-9-14(13)20/h4-12,17H,1-3H3. The zero-order valence-corrected chi connectivity index (χ0v) is 16.0. The van der Waals surface area contributed by atoms with E-state index in [9.17, 15) is 4.79 Å². The van der Waals surface area contributed by atoms with Crippen molar-refractivity contribution in [3.8, 4) is 0 Å². The lowest BCUT2D eigenvalue weighted by molar-refractivity contribution is 0.0654. The zero-order valence-electron chi connectivity index (χ0n) is 13.9. The Morgan fingerprint density at radius 3 is 2.46 bits per heavy atom. The van der Waals surface area contributed by atoms with Gasteiger partial charge in [0, 0.05) is 10.6 Å². The van der Waals surface area contributed by atoms with E-state index in [0.29, 0.717) is 11.5 Å². The molecule has 5 heteroatoms. The van der Waals surface area contributed by atoms with Crippen LogP contribution >= 0.6 is 22.6 Å². The number of fused-ring (bicyclic) bond motifs is 1. The Labute approximate surface area is 155 Å². The summed E-state index contributed by atoms with van der Waals surface area (Å²) in [6.07, 6.45) is 0. The van der Waals surface area contributed by atoms with Gasteiger partial charge in [0.2, 0.25) is 5.89 Å². The Kier molecular flexibility index (Phi) is 4.89. The van der Waals surface area contributed by atoms with Gasteiger partial charge >= 0.3 is 0 Å². The van der Waals surface area contributed by atoms with Crippen molar-refractivity contribution in [3.05, 3.63) is 63.6 Å². The van der Waals surface area contributed by atoms with Crippen LogP contribution in [0, 0.1) is 9.49 Å². The second-order valence-corrected chi connectivity index (χ2v) is 7.27. The van der Waals surface area contributed by atoms with Crippen molar-refractivity contribution in [3.63, 3.8) is 0 Å². The summed E-state index contributed by atoms with van der Waals surface area (Å²) in [6, 6.07) is 15.0. The minimum Gasteiger partial charge on any atom is -0.438 e. The van der Waals surface area contributed by atoms with Crippen molar-refractivity contribution in [2.45, 2.75) is 19.9 Å². The smallest absolute Gasteiger partial charge is 0.255 e. The molecule has 0 aliphatic carbocycles. The van der Waals surface area contributed by atoms with Crippen LogP contribution in [-0.2, 0) is 0 Å². The molecule has 0 bridgehead atoms. The maximum atomic E-state index is 13.0. The molecule has 1 amide bonds. The van der Waals surface area contributed by atoms with E-state index in [0.717, 1.165) is 14.7 Å². The first kappa shape index (κ1) is 17.0. The molecule has 124 valence electrons. The van der Waals surface area contributed by atoms with Gasteiger partial charge in [0.05, 0.1) is 5.56 Å². The number of carbonyl (C=O) groups excluding carboxylic acids is 1. The summed E-state index contributed by atoms with van der Waals surface area (Å²) in [5, 5.41) is 0. The van der Waals surface area contributed by atoms with Crippen LogP contribution in [-0.4, -0.2) is 22.8 Å². The van der Waals surface area contributed by atoms with E-state index in [2.05, 4.69) is 41.4 Å². The number of para-hydroxylation sites is 2. The average Bonchev–Trinajstić information content (AvgIpc) is 2.97. The summed E-state index contributed by atoms with van der Waals surface area (Å²) in [6.45, 7) is 4.14. The van der Waals surface area contributed by atoms with Gasteiger partial charge in [-0.1, -0.05) is 38.1 Å². The molecule has 0 aliphatic rings. The number of aromatic nitrogens is 1. The fourth-order valence-corrected chi connectivity index (χ4v) is 3.48. The van der Waals surface area contributed by atoms with Crippen molar-refractivity contribution in [2.75, 3.05) is 7.05 Å². The van der Waals surface area contributed by atoms with Crippen molar-refractivity contribution < 1.29 is 9.21 Å². The van der Waals surface area contributed by atoms with Crippen LogP contribution in [0.3, 0.4) is 0 Å². The minimum absolute atomic E-state index is 0.0269. The van der Waals surface area contributed by atoms with Gasteiger partial charge in [-0.25, -0.2) is 4.98 Å². The molecule has 1 atom stereocenters. The summed E-state index contributed by atoms with van der Waals surface area (Å²) >= 11 is 2.19. The quantitative estimate of drug-likeness (QED) is 0.549. The van der Waals surface area contributed by atoms with E-state index in [1.54, 1.807) is 4.90 Å². The fourth-order valence-electron chi connectivity index (χ4n) is 2.87. The molecule has 0 N–H and O–H groups in total. The lowest BCUT2D eigenvalue weighted by Crippen LogP contribution is -2.34. The predicted molar refractivity (Wildman–Crippen MR) is 103 cm³/mol. The number of benzene rings is 2. The van der Waals surface area contributed by atoms with Crippen molar-refractivity contribution in [1.82, 2.24) is 9.88 Å². The molecular weight excluding hydrogens is 415 g/mol. The Hall–Kier alpha value is -1.89. The van der Waals surface area contributed by atoms with Crippen LogP contribution in [0.2, 0.25) is 0 Å². The highest BCUT2D eigenvalue weighted by Gasteiger charge is 2.30. The predicted octanol–water partition coefficient (Wildman–Crippen LogP) is 4.90. The number of carbonyl (C=O) groups is 1. The van der Waals surface area contributed by atoms with Gasteiger partial charge < -0.3 is 9.32 Å². The van der Waals surface area contributed by atoms with E-state index in [-0.39, 0.29) is 17.9 Å². The average molecular weight is 434 g/mol. The van der Waals surface area contributed by atoms with Gasteiger partial charge in [-0.3, -0.25) is 4.79 Å². The molecule has 0 radical (unpaired) electrons. The third kappa shape index (κ3) is 3.17. The lowest BCUT2D eigenvalue weighted by Gasteiger charge is -2.29. The Bertz CT molecular complexity index is 839. The molecule has 3 aromatic rings. The van der Waals surface area contributed by atoms with Crippen LogP contribution in [0.25, 0.3) is 11.1 Å². The summed E-state index contributed by atoms with van der Waals surface area (Å²) in [7, 11) is 1.81. The molecule has 0 spiro atoms. The summed E-state index contributed by atoms with van der Waals surface area (Å²) in [5.41, 5.74) is 2.25. The Balaban J connectivity index is 1.98. The normalized spacial score (nSPS) is 12.5. The van der Waals surface area contributed by atoms with Crippen LogP contribution in [0.5, 0.6) is 0 Å². The van der Waals surface area contributed by atoms with Crippen molar-refractivity contribution in [1.29, 1.82) is 0 Å². The third-order valence-electron chi connectivity index (χ3n) is 4.04. The monoisotopic (exact) mass is 434 g/mol. The fraction of sp³-hybridized carbons (Fsp3) is 0.263. The molecule has 0 saturated carbocycles. The first-order valence-electron chi connectivity index (χ1n) is 7.86. The van der Waals surface area contributed by atoms with Gasteiger partial charge in [-0.2, -0.15) is 0 Å². The topological polar surface area (TPSA) is 46.3 Å². The Morgan fingerprint density at radius 1 is 1.12 bits per heavy atom. The summed E-state index contributed by atoms with van der Waals surface area (Å²) < 4.78 is 6.86.